The average molecular weight is 264 g/mol. The Kier molecular flexibility index (Phi) is 2.95. The lowest BCUT2D eigenvalue weighted by atomic mass is 10.0. The van der Waals surface area contributed by atoms with Gasteiger partial charge in [-0.25, -0.2) is 4.79 Å². The highest BCUT2D eigenvalue weighted by Crippen LogP contribution is 2.38. The van der Waals surface area contributed by atoms with Crippen LogP contribution >= 0.6 is 0 Å². The summed E-state index contributed by atoms with van der Waals surface area (Å²) in [5.41, 5.74) is 3.03. The number of hydrogen-bond donors (Lipinski definition) is 0. The van der Waals surface area contributed by atoms with Crippen molar-refractivity contribution in [3.8, 4) is 11.1 Å². The Balaban J connectivity index is 2.13. The molecule has 0 aliphatic heterocycles. The average Bonchev–Trinajstić information content (AvgIpc) is 2.79. The van der Waals surface area contributed by atoms with Crippen molar-refractivity contribution < 1.29 is 14.3 Å². The largest absolute Gasteiger partial charge is 0.458 e. The first-order valence-electron chi connectivity index (χ1n) is 6.29. The van der Waals surface area contributed by atoms with Crippen molar-refractivity contribution >= 4 is 11.8 Å². The maximum Gasteiger partial charge on any atom is 0.339 e. The van der Waals surface area contributed by atoms with Gasteiger partial charge in [-0.2, -0.15) is 0 Å². The van der Waals surface area contributed by atoms with Crippen molar-refractivity contribution in [3.05, 3.63) is 71.8 Å². The third-order valence-electron chi connectivity index (χ3n) is 3.31. The van der Waals surface area contributed by atoms with Crippen molar-refractivity contribution in [1.82, 2.24) is 0 Å². The molecule has 0 unspecified atom stereocenters. The van der Waals surface area contributed by atoms with Crippen molar-refractivity contribution in [2.75, 3.05) is 6.61 Å². The van der Waals surface area contributed by atoms with E-state index in [1.807, 2.05) is 24.3 Å². The molecule has 0 saturated carbocycles. The molecule has 0 N–H and O–H groups in total. The third-order valence-corrected chi connectivity index (χ3v) is 3.31. The molecule has 3 rings (SSSR count). The predicted molar refractivity (Wildman–Crippen MR) is 75.8 cm³/mol. The van der Waals surface area contributed by atoms with Crippen LogP contribution in [0.15, 0.2) is 55.1 Å². The fraction of sp³-hybridized carbons (Fsp3) is 0.0588. The maximum atomic E-state index is 12.5. The van der Waals surface area contributed by atoms with Crippen LogP contribution in [-0.2, 0) is 4.74 Å². The summed E-state index contributed by atoms with van der Waals surface area (Å²) in [5, 5.41) is 0. The highest BCUT2D eigenvalue weighted by molar-refractivity contribution is 6.25. The zero-order valence-corrected chi connectivity index (χ0v) is 10.8. The van der Waals surface area contributed by atoms with E-state index < -0.39 is 5.97 Å². The fourth-order valence-electron chi connectivity index (χ4n) is 2.45. The Morgan fingerprint density at radius 3 is 2.50 bits per heavy atom. The summed E-state index contributed by atoms with van der Waals surface area (Å²) in [6.07, 6.45) is 1.50. The van der Waals surface area contributed by atoms with Crippen LogP contribution in [-0.4, -0.2) is 18.4 Å². The van der Waals surface area contributed by atoms with Crippen LogP contribution < -0.4 is 0 Å². The van der Waals surface area contributed by atoms with Gasteiger partial charge in [0.15, 0.2) is 5.78 Å². The van der Waals surface area contributed by atoms with E-state index in [4.69, 9.17) is 4.74 Å². The van der Waals surface area contributed by atoms with Gasteiger partial charge in [0.1, 0.15) is 6.61 Å². The lowest BCUT2D eigenvalue weighted by molar-refractivity contribution is 0.0547. The van der Waals surface area contributed by atoms with Crippen LogP contribution in [0.3, 0.4) is 0 Å². The van der Waals surface area contributed by atoms with Gasteiger partial charge in [-0.15, -0.1) is 0 Å². The Morgan fingerprint density at radius 2 is 1.75 bits per heavy atom. The van der Waals surface area contributed by atoms with E-state index in [2.05, 4.69) is 6.58 Å². The molecule has 0 aromatic heterocycles. The normalized spacial score (nSPS) is 11.7. The molecule has 0 radical (unpaired) electrons. The molecule has 3 heteroatoms. The van der Waals surface area contributed by atoms with E-state index in [1.165, 1.54) is 6.08 Å². The van der Waals surface area contributed by atoms with Crippen molar-refractivity contribution in [2.24, 2.45) is 0 Å². The van der Waals surface area contributed by atoms with Crippen LogP contribution in [0.1, 0.15) is 26.3 Å². The Bertz CT molecular complexity index is 729. The summed E-state index contributed by atoms with van der Waals surface area (Å²) in [5.74, 6) is -0.621. The summed E-state index contributed by atoms with van der Waals surface area (Å²) >= 11 is 0. The molecular formula is C17H12O3. The zero-order valence-electron chi connectivity index (χ0n) is 10.8. The van der Waals surface area contributed by atoms with E-state index in [-0.39, 0.29) is 12.4 Å². The van der Waals surface area contributed by atoms with Gasteiger partial charge >= 0.3 is 5.97 Å². The van der Waals surface area contributed by atoms with Crippen LogP contribution in [0.25, 0.3) is 11.1 Å². The molecule has 98 valence electrons. The second-order valence-corrected chi connectivity index (χ2v) is 4.49. The lowest BCUT2D eigenvalue weighted by Crippen LogP contribution is -2.10. The number of rotatable bonds is 3. The van der Waals surface area contributed by atoms with Gasteiger partial charge in [-0.1, -0.05) is 49.1 Å². The Labute approximate surface area is 116 Å². The number of ether oxygens (including phenoxy) is 1. The van der Waals surface area contributed by atoms with E-state index in [0.29, 0.717) is 16.7 Å². The fourth-order valence-corrected chi connectivity index (χ4v) is 2.45. The molecule has 2 aromatic carbocycles. The van der Waals surface area contributed by atoms with Crippen LogP contribution in [0.5, 0.6) is 0 Å². The molecule has 1 aliphatic carbocycles. The number of ketones is 1. The van der Waals surface area contributed by atoms with Crippen molar-refractivity contribution in [3.63, 3.8) is 0 Å². The molecule has 0 atom stereocenters. The van der Waals surface area contributed by atoms with Gasteiger partial charge in [0.25, 0.3) is 0 Å². The van der Waals surface area contributed by atoms with Crippen LogP contribution in [0.2, 0.25) is 0 Å². The summed E-state index contributed by atoms with van der Waals surface area (Å²) in [6.45, 7) is 3.63. The summed E-state index contributed by atoms with van der Waals surface area (Å²) in [7, 11) is 0. The molecular weight excluding hydrogens is 252 g/mol. The van der Waals surface area contributed by atoms with Gasteiger partial charge in [0, 0.05) is 11.1 Å². The first kappa shape index (κ1) is 12.4. The SMILES string of the molecule is C=CCOC(=O)c1cccc2c1C(=O)c1ccccc1-2. The maximum absolute atomic E-state index is 12.5. The van der Waals surface area contributed by atoms with Gasteiger partial charge < -0.3 is 4.74 Å². The standard InChI is InChI=1S/C17H12O3/c1-2-10-20-17(19)14-9-5-8-12-11-6-3-4-7-13(11)16(18)15(12)14/h2-9H,1,10H2. The first-order chi connectivity index (χ1) is 9.74. The summed E-state index contributed by atoms with van der Waals surface area (Å²) in [4.78, 5) is 24.5. The molecule has 3 nitrogen and oxygen atoms in total. The van der Waals surface area contributed by atoms with Gasteiger partial charge in [-0.05, 0) is 17.2 Å². The van der Waals surface area contributed by atoms with Gasteiger partial charge in [-0.3, -0.25) is 4.79 Å². The molecule has 0 fully saturated rings. The topological polar surface area (TPSA) is 43.4 Å². The van der Waals surface area contributed by atoms with Gasteiger partial charge in [0.05, 0.1) is 5.56 Å². The number of esters is 1. The minimum absolute atomic E-state index is 0.123. The van der Waals surface area contributed by atoms with E-state index >= 15 is 0 Å². The number of benzene rings is 2. The number of fused-ring (bicyclic) bond motifs is 3. The van der Waals surface area contributed by atoms with Crippen molar-refractivity contribution in [1.29, 1.82) is 0 Å². The highest BCUT2D eigenvalue weighted by atomic mass is 16.5. The molecule has 0 spiro atoms. The van der Waals surface area contributed by atoms with Crippen LogP contribution in [0.4, 0.5) is 0 Å². The minimum atomic E-state index is -0.497. The second kappa shape index (κ2) is 4.78. The minimum Gasteiger partial charge on any atom is -0.458 e. The Hall–Kier alpha value is -2.68. The Morgan fingerprint density at radius 1 is 1.05 bits per heavy atom. The second-order valence-electron chi connectivity index (χ2n) is 4.49. The van der Waals surface area contributed by atoms with E-state index in [9.17, 15) is 9.59 Å². The van der Waals surface area contributed by atoms with E-state index in [0.717, 1.165) is 11.1 Å². The van der Waals surface area contributed by atoms with Crippen molar-refractivity contribution in [2.45, 2.75) is 0 Å². The highest BCUT2D eigenvalue weighted by Gasteiger charge is 2.30. The molecule has 0 amide bonds. The lowest BCUT2D eigenvalue weighted by Gasteiger charge is -2.06. The molecule has 20 heavy (non-hydrogen) atoms. The molecule has 0 bridgehead atoms. The quantitative estimate of drug-likeness (QED) is 0.538. The third kappa shape index (κ3) is 1.75. The smallest absolute Gasteiger partial charge is 0.339 e. The van der Waals surface area contributed by atoms with Crippen LogP contribution in [0, 0.1) is 0 Å². The molecule has 2 aromatic rings. The number of carbonyl (C=O) groups is 2. The zero-order chi connectivity index (χ0) is 14.1. The monoisotopic (exact) mass is 264 g/mol. The summed E-state index contributed by atoms with van der Waals surface area (Å²) in [6, 6.07) is 12.6. The molecule has 0 saturated heterocycles. The molecule has 0 heterocycles. The number of carbonyl (C=O) groups excluding carboxylic acids is 2. The number of hydrogen-bond acceptors (Lipinski definition) is 3. The van der Waals surface area contributed by atoms with Gasteiger partial charge in [0.2, 0.25) is 0 Å². The van der Waals surface area contributed by atoms with E-state index in [1.54, 1.807) is 18.2 Å². The predicted octanol–water partition coefficient (Wildman–Crippen LogP) is 3.24. The summed E-state index contributed by atoms with van der Waals surface area (Å²) < 4.78 is 5.04. The first-order valence-corrected chi connectivity index (χ1v) is 6.29. The molecule has 1 aliphatic rings.